The van der Waals surface area contributed by atoms with E-state index in [-0.39, 0.29) is 5.91 Å². The average molecular weight is 405 g/mol. The molecule has 1 fully saturated rings. The minimum absolute atomic E-state index is 0.0454. The van der Waals surface area contributed by atoms with Gasteiger partial charge >= 0.3 is 0 Å². The third-order valence-corrected chi connectivity index (χ3v) is 5.72. The SMILES string of the molecule is COc1cc2c(cc1OC)-c1c(c(C(=O)N3CCOCC3)nn1-c1ccccc1)C2. The van der Waals surface area contributed by atoms with Crippen molar-refractivity contribution in [3.8, 4) is 28.4 Å². The summed E-state index contributed by atoms with van der Waals surface area (Å²) in [6.07, 6.45) is 0.628. The maximum absolute atomic E-state index is 13.3. The minimum Gasteiger partial charge on any atom is -0.493 e. The molecule has 0 bridgehead atoms. The number of morpholine rings is 1. The molecule has 1 aliphatic carbocycles. The van der Waals surface area contributed by atoms with E-state index < -0.39 is 0 Å². The fraction of sp³-hybridized carbons (Fsp3) is 0.304. The smallest absolute Gasteiger partial charge is 0.274 e. The zero-order valence-electron chi connectivity index (χ0n) is 17.1. The molecule has 3 aromatic rings. The van der Waals surface area contributed by atoms with Crippen LogP contribution in [-0.4, -0.2) is 61.1 Å². The lowest BCUT2D eigenvalue weighted by molar-refractivity contribution is 0.0298. The third kappa shape index (κ3) is 2.93. The molecule has 5 rings (SSSR count). The monoisotopic (exact) mass is 405 g/mol. The second-order valence-electron chi connectivity index (χ2n) is 7.37. The molecule has 0 N–H and O–H groups in total. The molecule has 0 spiro atoms. The topological polar surface area (TPSA) is 65.8 Å². The first-order valence-corrected chi connectivity index (χ1v) is 10.0. The Balaban J connectivity index is 1.68. The maximum Gasteiger partial charge on any atom is 0.274 e. The van der Waals surface area contributed by atoms with Crippen molar-refractivity contribution in [2.75, 3.05) is 40.5 Å². The van der Waals surface area contributed by atoms with E-state index in [1.165, 1.54) is 0 Å². The Hall–Kier alpha value is -3.32. The summed E-state index contributed by atoms with van der Waals surface area (Å²) in [5.41, 5.74) is 5.41. The van der Waals surface area contributed by atoms with Gasteiger partial charge in [0.05, 0.1) is 38.8 Å². The normalized spacial score (nSPS) is 14.9. The van der Waals surface area contributed by atoms with Crippen LogP contribution in [0.5, 0.6) is 11.5 Å². The molecule has 2 heterocycles. The highest BCUT2D eigenvalue weighted by atomic mass is 16.5. The van der Waals surface area contributed by atoms with Gasteiger partial charge in [0.1, 0.15) is 0 Å². The summed E-state index contributed by atoms with van der Waals surface area (Å²) in [7, 11) is 3.26. The summed E-state index contributed by atoms with van der Waals surface area (Å²) >= 11 is 0. The number of hydrogen-bond donors (Lipinski definition) is 0. The first kappa shape index (κ1) is 18.7. The molecule has 30 heavy (non-hydrogen) atoms. The number of rotatable bonds is 4. The Morgan fingerprint density at radius 1 is 1.03 bits per heavy atom. The molecule has 7 heteroatoms. The summed E-state index contributed by atoms with van der Waals surface area (Å²) in [5, 5.41) is 4.79. The zero-order chi connectivity index (χ0) is 20.7. The van der Waals surface area contributed by atoms with Gasteiger partial charge in [-0.2, -0.15) is 5.10 Å². The molecule has 2 aromatic carbocycles. The lowest BCUT2D eigenvalue weighted by Gasteiger charge is -2.26. The third-order valence-electron chi connectivity index (χ3n) is 5.72. The molecule has 1 aliphatic heterocycles. The van der Waals surface area contributed by atoms with Crippen LogP contribution in [0.25, 0.3) is 16.9 Å². The van der Waals surface area contributed by atoms with Crippen LogP contribution in [0.4, 0.5) is 0 Å². The van der Waals surface area contributed by atoms with Gasteiger partial charge in [0.15, 0.2) is 17.2 Å². The van der Waals surface area contributed by atoms with Gasteiger partial charge in [-0.1, -0.05) is 18.2 Å². The van der Waals surface area contributed by atoms with Crippen molar-refractivity contribution in [2.24, 2.45) is 0 Å². The molecule has 1 aromatic heterocycles. The van der Waals surface area contributed by atoms with Gasteiger partial charge in [-0.25, -0.2) is 4.68 Å². The number of carbonyl (C=O) groups excluding carboxylic acids is 1. The van der Waals surface area contributed by atoms with Crippen molar-refractivity contribution in [1.82, 2.24) is 14.7 Å². The van der Waals surface area contributed by atoms with Crippen molar-refractivity contribution in [3.63, 3.8) is 0 Å². The predicted octanol–water partition coefficient (Wildman–Crippen LogP) is 2.93. The summed E-state index contributed by atoms with van der Waals surface area (Å²) in [5.74, 6) is 1.30. The first-order valence-electron chi connectivity index (χ1n) is 10.0. The molecule has 0 atom stereocenters. The molecule has 154 valence electrons. The number of carbonyl (C=O) groups is 1. The van der Waals surface area contributed by atoms with Crippen LogP contribution in [0.1, 0.15) is 21.6 Å². The number of methoxy groups -OCH3 is 2. The molecular formula is C23H23N3O4. The van der Waals surface area contributed by atoms with E-state index in [2.05, 4.69) is 0 Å². The number of fused-ring (bicyclic) bond motifs is 3. The van der Waals surface area contributed by atoms with Gasteiger partial charge in [0.2, 0.25) is 0 Å². The molecule has 2 aliphatic rings. The van der Waals surface area contributed by atoms with Crippen LogP contribution in [0.3, 0.4) is 0 Å². The highest BCUT2D eigenvalue weighted by Crippen LogP contribution is 2.45. The van der Waals surface area contributed by atoms with Crippen LogP contribution in [0.2, 0.25) is 0 Å². The zero-order valence-corrected chi connectivity index (χ0v) is 17.1. The van der Waals surface area contributed by atoms with Crippen molar-refractivity contribution < 1.29 is 19.0 Å². The van der Waals surface area contributed by atoms with Crippen molar-refractivity contribution in [3.05, 3.63) is 59.3 Å². The Bertz CT molecular complexity index is 1100. The maximum atomic E-state index is 13.3. The van der Waals surface area contributed by atoms with Crippen LogP contribution < -0.4 is 9.47 Å². The van der Waals surface area contributed by atoms with Crippen LogP contribution >= 0.6 is 0 Å². The fourth-order valence-electron chi connectivity index (χ4n) is 4.22. The summed E-state index contributed by atoms with van der Waals surface area (Å²) in [6, 6.07) is 13.9. The van der Waals surface area contributed by atoms with E-state index in [9.17, 15) is 4.79 Å². The Labute approximate surface area is 174 Å². The van der Waals surface area contributed by atoms with E-state index >= 15 is 0 Å². The van der Waals surface area contributed by atoms with E-state index in [1.54, 1.807) is 14.2 Å². The second kappa shape index (κ2) is 7.50. The first-order chi connectivity index (χ1) is 14.7. The van der Waals surface area contributed by atoms with E-state index in [1.807, 2.05) is 52.0 Å². The molecule has 7 nitrogen and oxygen atoms in total. The van der Waals surface area contributed by atoms with Gasteiger partial charge in [0.25, 0.3) is 5.91 Å². The van der Waals surface area contributed by atoms with Crippen LogP contribution in [-0.2, 0) is 11.2 Å². The van der Waals surface area contributed by atoms with Gasteiger partial charge in [0, 0.05) is 30.6 Å². The van der Waals surface area contributed by atoms with Gasteiger partial charge in [-0.15, -0.1) is 0 Å². The number of aromatic nitrogens is 2. The number of benzene rings is 2. The van der Waals surface area contributed by atoms with Gasteiger partial charge < -0.3 is 19.1 Å². The molecule has 1 amide bonds. The van der Waals surface area contributed by atoms with Crippen molar-refractivity contribution in [1.29, 1.82) is 0 Å². The molecule has 0 saturated carbocycles. The number of para-hydroxylation sites is 1. The molecule has 1 saturated heterocycles. The number of amides is 1. The molecule has 0 radical (unpaired) electrons. The molecular weight excluding hydrogens is 382 g/mol. The van der Waals surface area contributed by atoms with E-state index in [0.717, 1.165) is 28.1 Å². The largest absolute Gasteiger partial charge is 0.493 e. The summed E-state index contributed by atoms with van der Waals surface area (Å²) in [4.78, 5) is 15.2. The summed E-state index contributed by atoms with van der Waals surface area (Å²) in [6.45, 7) is 2.28. The van der Waals surface area contributed by atoms with Crippen molar-refractivity contribution >= 4 is 5.91 Å². The van der Waals surface area contributed by atoms with Gasteiger partial charge in [-0.3, -0.25) is 4.79 Å². The number of ether oxygens (including phenoxy) is 3. The molecule has 0 unspecified atom stereocenters. The highest BCUT2D eigenvalue weighted by molar-refractivity contribution is 5.97. The number of hydrogen-bond acceptors (Lipinski definition) is 5. The standard InChI is InChI=1S/C23H23N3O4/c1-28-19-13-15-12-18-21(23(27)25-8-10-30-11-9-25)24-26(16-6-4-3-5-7-16)22(18)17(15)14-20(19)29-2/h3-7,13-14H,8-12H2,1-2H3. The van der Waals surface area contributed by atoms with Crippen LogP contribution in [0.15, 0.2) is 42.5 Å². The lowest BCUT2D eigenvalue weighted by Crippen LogP contribution is -2.41. The second-order valence-corrected chi connectivity index (χ2v) is 7.37. The lowest BCUT2D eigenvalue weighted by atomic mass is 10.1. The predicted molar refractivity (Wildman–Crippen MR) is 112 cm³/mol. The average Bonchev–Trinajstić information content (AvgIpc) is 3.35. The van der Waals surface area contributed by atoms with Gasteiger partial charge in [-0.05, 0) is 29.8 Å². The fourth-order valence-corrected chi connectivity index (χ4v) is 4.22. The summed E-state index contributed by atoms with van der Waals surface area (Å²) < 4.78 is 18.3. The minimum atomic E-state index is -0.0454. The Kier molecular flexibility index (Phi) is 4.67. The number of nitrogens with zero attached hydrogens (tertiary/aromatic N) is 3. The highest BCUT2D eigenvalue weighted by Gasteiger charge is 2.34. The quantitative estimate of drug-likeness (QED) is 0.522. The van der Waals surface area contributed by atoms with Crippen molar-refractivity contribution in [2.45, 2.75) is 6.42 Å². The van der Waals surface area contributed by atoms with Crippen LogP contribution in [0, 0.1) is 0 Å². The Morgan fingerprint density at radius 3 is 2.43 bits per heavy atom. The van der Waals surface area contributed by atoms with E-state index in [4.69, 9.17) is 19.3 Å². The van der Waals surface area contributed by atoms with E-state index in [0.29, 0.717) is 49.9 Å². The Morgan fingerprint density at radius 2 is 1.73 bits per heavy atom.